The molecule has 0 saturated carbocycles. The first-order chi connectivity index (χ1) is 9.82. The minimum atomic E-state index is -4.81. The monoisotopic (exact) mass is 376 g/mol. The molecular formula is C10H9LiO9S3. The summed E-state index contributed by atoms with van der Waals surface area (Å²) in [5.74, 6) is 0. The molecule has 3 N–H and O–H groups in total. The van der Waals surface area contributed by atoms with Crippen LogP contribution in [-0.4, -0.2) is 38.9 Å². The molecule has 9 nitrogen and oxygen atoms in total. The zero-order valence-corrected chi connectivity index (χ0v) is 13.9. The summed E-state index contributed by atoms with van der Waals surface area (Å²) in [4.78, 5) is -2.17. The molecule has 2 rings (SSSR count). The summed E-state index contributed by atoms with van der Waals surface area (Å²) in [6.45, 7) is 0. The van der Waals surface area contributed by atoms with Gasteiger partial charge in [-0.1, -0.05) is 6.07 Å². The zero-order valence-electron chi connectivity index (χ0n) is 12.4. The Labute approximate surface area is 145 Å². The van der Waals surface area contributed by atoms with Gasteiger partial charge in [-0.25, -0.2) is 0 Å². The van der Waals surface area contributed by atoms with Crippen molar-refractivity contribution in [2.75, 3.05) is 0 Å². The third-order valence-corrected chi connectivity index (χ3v) is 5.43. The fraction of sp³-hybridized carbons (Fsp3) is 0. The second-order valence-corrected chi connectivity index (χ2v) is 8.40. The van der Waals surface area contributed by atoms with Crippen LogP contribution in [0.5, 0.6) is 0 Å². The minimum absolute atomic E-state index is 0. The van der Waals surface area contributed by atoms with Crippen LogP contribution in [0.1, 0.15) is 1.43 Å². The molecule has 0 saturated heterocycles. The first-order valence-corrected chi connectivity index (χ1v) is 9.63. The van der Waals surface area contributed by atoms with Crippen molar-refractivity contribution in [3.05, 3.63) is 30.3 Å². The van der Waals surface area contributed by atoms with Crippen LogP contribution in [0.25, 0.3) is 10.8 Å². The van der Waals surface area contributed by atoms with Crippen LogP contribution in [0.2, 0.25) is 0 Å². The largest absolute Gasteiger partial charge is 1.00 e. The van der Waals surface area contributed by atoms with E-state index in [1.54, 1.807) is 0 Å². The van der Waals surface area contributed by atoms with Crippen molar-refractivity contribution in [2.24, 2.45) is 0 Å². The Morgan fingerprint density at radius 3 is 1.48 bits per heavy atom. The van der Waals surface area contributed by atoms with Crippen LogP contribution in [0.15, 0.2) is 45.0 Å². The fourth-order valence-corrected chi connectivity index (χ4v) is 3.77. The molecule has 0 aliphatic carbocycles. The quantitative estimate of drug-likeness (QED) is 0.395. The molecule has 0 radical (unpaired) electrons. The summed E-state index contributed by atoms with van der Waals surface area (Å²) in [7, 11) is -14.2. The number of fused-ring (bicyclic) bond motifs is 1. The molecule has 0 aliphatic heterocycles. The predicted octanol–water partition coefficient (Wildman–Crippen LogP) is -2.30. The first kappa shape index (κ1) is 20.1. The van der Waals surface area contributed by atoms with Gasteiger partial charge in [-0.3, -0.25) is 13.7 Å². The molecule has 13 heteroatoms. The van der Waals surface area contributed by atoms with Gasteiger partial charge < -0.3 is 1.43 Å². The summed E-state index contributed by atoms with van der Waals surface area (Å²) < 4.78 is 94.5. The Morgan fingerprint density at radius 2 is 1.09 bits per heavy atom. The van der Waals surface area contributed by atoms with E-state index in [0.29, 0.717) is 12.1 Å². The number of hydrogen-bond acceptors (Lipinski definition) is 6. The molecule has 0 aliphatic rings. The summed E-state index contributed by atoms with van der Waals surface area (Å²) in [5, 5.41) is -0.835. The van der Waals surface area contributed by atoms with Crippen LogP contribution in [0.4, 0.5) is 0 Å². The van der Waals surface area contributed by atoms with Gasteiger partial charge in [0.1, 0.15) is 9.79 Å². The fourth-order valence-electron chi connectivity index (χ4n) is 1.88. The van der Waals surface area contributed by atoms with E-state index in [1.165, 1.54) is 0 Å². The maximum atomic E-state index is 11.3. The summed E-state index contributed by atoms with van der Waals surface area (Å²) >= 11 is 0. The third-order valence-electron chi connectivity index (χ3n) is 2.76. The minimum Gasteiger partial charge on any atom is -1.00 e. The van der Waals surface area contributed by atoms with E-state index in [0.717, 1.165) is 18.2 Å². The normalized spacial score (nSPS) is 12.8. The summed E-state index contributed by atoms with van der Waals surface area (Å²) in [5.41, 5.74) is 0. The van der Waals surface area contributed by atoms with Gasteiger partial charge in [-0.2, -0.15) is 25.3 Å². The van der Waals surface area contributed by atoms with Crippen molar-refractivity contribution in [2.45, 2.75) is 14.7 Å². The predicted molar refractivity (Wildman–Crippen MR) is 74.5 cm³/mol. The molecular weight excluding hydrogens is 367 g/mol. The van der Waals surface area contributed by atoms with Crippen LogP contribution in [0.3, 0.4) is 0 Å². The van der Waals surface area contributed by atoms with Crippen molar-refractivity contribution < 1.29 is 59.2 Å². The van der Waals surface area contributed by atoms with Gasteiger partial charge in [-0.05, 0) is 24.3 Å². The standard InChI is InChI=1S/C10H8O9S3.Li.H/c11-20(12,13)6-1-2-7-8(5-6)10(22(17,18)19)4-3-9(7)21(14,15)16;;/h1-5H,(H,11,12,13)(H,14,15,16)(H,17,18,19);;/q;+1;-1. The molecule has 0 atom stereocenters. The van der Waals surface area contributed by atoms with E-state index in [1.807, 2.05) is 0 Å². The summed E-state index contributed by atoms with van der Waals surface area (Å²) in [6.07, 6.45) is 0. The molecule has 0 unspecified atom stereocenters. The maximum Gasteiger partial charge on any atom is 1.00 e. The van der Waals surface area contributed by atoms with Crippen LogP contribution < -0.4 is 18.9 Å². The topological polar surface area (TPSA) is 163 Å². The third kappa shape index (κ3) is 4.11. The number of rotatable bonds is 3. The van der Waals surface area contributed by atoms with Gasteiger partial charge in [0.05, 0.1) is 4.90 Å². The second-order valence-electron chi connectivity index (χ2n) is 4.19. The van der Waals surface area contributed by atoms with Gasteiger partial charge in [-0.15, -0.1) is 0 Å². The SMILES string of the molecule is O=S(=O)(O)c1ccc2c(S(=O)(=O)O)ccc(S(=O)(=O)O)c2c1.[H-].[Li+]. The molecule has 0 heterocycles. The molecule has 23 heavy (non-hydrogen) atoms. The Kier molecular flexibility index (Phi) is 5.37. The van der Waals surface area contributed by atoms with Crippen molar-refractivity contribution in [3.8, 4) is 0 Å². The van der Waals surface area contributed by atoms with Crippen molar-refractivity contribution >= 4 is 41.1 Å². The van der Waals surface area contributed by atoms with E-state index < -0.39 is 50.4 Å². The number of benzene rings is 2. The van der Waals surface area contributed by atoms with Gasteiger partial charge >= 0.3 is 18.9 Å². The molecule has 0 spiro atoms. The molecule has 0 bridgehead atoms. The van der Waals surface area contributed by atoms with Crippen molar-refractivity contribution in [1.82, 2.24) is 0 Å². The van der Waals surface area contributed by atoms with Gasteiger partial charge in [0, 0.05) is 10.8 Å². The zero-order chi connectivity index (χ0) is 16.9. The first-order valence-electron chi connectivity index (χ1n) is 5.31. The molecule has 0 fully saturated rings. The van der Waals surface area contributed by atoms with E-state index in [4.69, 9.17) is 13.7 Å². The average molecular weight is 376 g/mol. The Morgan fingerprint density at radius 1 is 0.652 bits per heavy atom. The van der Waals surface area contributed by atoms with Crippen molar-refractivity contribution in [3.63, 3.8) is 0 Å². The Hall–Kier alpha value is -0.973. The van der Waals surface area contributed by atoms with E-state index in [2.05, 4.69) is 0 Å². The number of hydrogen-bond donors (Lipinski definition) is 3. The molecule has 0 aromatic heterocycles. The van der Waals surface area contributed by atoms with E-state index >= 15 is 0 Å². The van der Waals surface area contributed by atoms with Gasteiger partial charge in [0.25, 0.3) is 30.4 Å². The molecule has 122 valence electrons. The van der Waals surface area contributed by atoms with E-state index in [-0.39, 0.29) is 25.7 Å². The van der Waals surface area contributed by atoms with Gasteiger partial charge in [0.2, 0.25) is 0 Å². The van der Waals surface area contributed by atoms with Crippen molar-refractivity contribution in [1.29, 1.82) is 0 Å². The maximum absolute atomic E-state index is 11.3. The van der Waals surface area contributed by atoms with Crippen LogP contribution >= 0.6 is 0 Å². The van der Waals surface area contributed by atoms with Crippen LogP contribution in [-0.2, 0) is 30.4 Å². The molecule has 0 amide bonds. The molecule has 2 aromatic carbocycles. The Balaban J connectivity index is 0.00000264. The second kappa shape index (κ2) is 6.15. The van der Waals surface area contributed by atoms with Crippen LogP contribution in [0, 0.1) is 0 Å². The van der Waals surface area contributed by atoms with E-state index in [9.17, 15) is 25.3 Å². The van der Waals surface area contributed by atoms with Gasteiger partial charge in [0.15, 0.2) is 0 Å². The smallest absolute Gasteiger partial charge is 1.00 e. The average Bonchev–Trinajstić information content (AvgIpc) is 2.33. The Bertz CT molecular complexity index is 1090. The molecule has 2 aromatic rings. The summed E-state index contributed by atoms with van der Waals surface area (Å²) in [6, 6.07) is 3.81.